The van der Waals surface area contributed by atoms with Gasteiger partial charge in [-0.3, -0.25) is 9.59 Å². The van der Waals surface area contributed by atoms with Crippen LogP contribution in [0.15, 0.2) is 54.6 Å². The summed E-state index contributed by atoms with van der Waals surface area (Å²) in [5, 5.41) is 0. The molecule has 0 aromatic heterocycles. The van der Waals surface area contributed by atoms with E-state index in [4.69, 9.17) is 10.5 Å². The number of carbonyl (C=O) groups excluding carboxylic acids is 3. The fraction of sp³-hybridized carbons (Fsp3) is 0.190. The first-order valence-corrected chi connectivity index (χ1v) is 8.67. The van der Waals surface area contributed by atoms with E-state index in [0.29, 0.717) is 17.5 Å². The van der Waals surface area contributed by atoms with Crippen molar-refractivity contribution in [3.63, 3.8) is 0 Å². The first kappa shape index (κ1) is 18.4. The summed E-state index contributed by atoms with van der Waals surface area (Å²) in [5.41, 5.74) is 7.99. The Hall–Kier alpha value is -3.41. The molecule has 0 unspecified atom stereocenters. The molecule has 0 saturated carbocycles. The molecular weight excluding hydrogens is 344 g/mol. The zero-order valence-corrected chi connectivity index (χ0v) is 14.8. The Morgan fingerprint density at radius 2 is 1.93 bits per heavy atom. The molecule has 138 valence electrons. The second kappa shape index (κ2) is 8.31. The number of primary amides is 1. The summed E-state index contributed by atoms with van der Waals surface area (Å²) in [5.74, 6) is -0.873. The fourth-order valence-corrected chi connectivity index (χ4v) is 2.87. The number of carbonyl (C=O) groups is 3. The molecule has 2 amide bonds. The minimum absolute atomic E-state index is 0.0559. The monoisotopic (exact) mass is 364 g/mol. The topological polar surface area (TPSA) is 89.7 Å². The van der Waals surface area contributed by atoms with Gasteiger partial charge in [-0.25, -0.2) is 4.79 Å². The third-order valence-corrected chi connectivity index (χ3v) is 4.28. The number of amides is 2. The highest BCUT2D eigenvalue weighted by Crippen LogP contribution is 2.21. The maximum atomic E-state index is 11.9. The quantitative estimate of drug-likeness (QED) is 0.630. The number of hydrogen-bond donors (Lipinski definition) is 1. The van der Waals surface area contributed by atoms with Crippen molar-refractivity contribution in [2.75, 3.05) is 11.4 Å². The average Bonchev–Trinajstić information content (AvgIpc) is 3.11. The Balaban J connectivity index is 1.54. The smallest absolute Gasteiger partial charge is 0.331 e. The van der Waals surface area contributed by atoms with Gasteiger partial charge in [0.2, 0.25) is 11.8 Å². The van der Waals surface area contributed by atoms with Gasteiger partial charge in [-0.2, -0.15) is 0 Å². The molecule has 1 aliphatic rings. The lowest BCUT2D eigenvalue weighted by molar-refractivity contribution is -0.138. The highest BCUT2D eigenvalue weighted by atomic mass is 16.5. The van der Waals surface area contributed by atoms with E-state index in [1.807, 2.05) is 24.3 Å². The summed E-state index contributed by atoms with van der Waals surface area (Å²) in [4.78, 5) is 36.5. The van der Waals surface area contributed by atoms with Crippen LogP contribution in [0.2, 0.25) is 0 Å². The van der Waals surface area contributed by atoms with Crippen LogP contribution < -0.4 is 10.6 Å². The number of hydrogen-bond acceptors (Lipinski definition) is 4. The van der Waals surface area contributed by atoms with E-state index >= 15 is 0 Å². The van der Waals surface area contributed by atoms with E-state index in [1.165, 1.54) is 6.08 Å². The highest BCUT2D eigenvalue weighted by molar-refractivity contribution is 5.95. The lowest BCUT2D eigenvalue weighted by atomic mass is 10.1. The summed E-state index contributed by atoms with van der Waals surface area (Å²) < 4.78 is 5.17. The minimum atomic E-state index is -0.526. The van der Waals surface area contributed by atoms with Crippen molar-refractivity contribution in [2.24, 2.45) is 5.73 Å². The SMILES string of the molecule is NC(=O)c1cccc(COC(=O)C=Cc2ccc(N3CCCC3=O)cc2)c1. The zero-order chi connectivity index (χ0) is 19.2. The van der Waals surface area contributed by atoms with Crippen molar-refractivity contribution in [1.82, 2.24) is 0 Å². The number of esters is 1. The van der Waals surface area contributed by atoms with E-state index in [2.05, 4.69) is 0 Å². The Kier molecular flexibility index (Phi) is 5.66. The van der Waals surface area contributed by atoms with Crippen LogP contribution in [0.3, 0.4) is 0 Å². The maximum Gasteiger partial charge on any atom is 0.331 e. The molecule has 1 aliphatic heterocycles. The number of nitrogens with two attached hydrogens (primary N) is 1. The van der Waals surface area contributed by atoms with Crippen LogP contribution >= 0.6 is 0 Å². The van der Waals surface area contributed by atoms with Crippen LogP contribution in [0.25, 0.3) is 6.08 Å². The van der Waals surface area contributed by atoms with Gasteiger partial charge in [-0.15, -0.1) is 0 Å². The molecular formula is C21H20N2O4. The van der Waals surface area contributed by atoms with Gasteiger partial charge in [0.25, 0.3) is 0 Å². The zero-order valence-electron chi connectivity index (χ0n) is 14.8. The lowest BCUT2D eigenvalue weighted by Crippen LogP contribution is -2.23. The molecule has 27 heavy (non-hydrogen) atoms. The summed E-state index contributed by atoms with van der Waals surface area (Å²) >= 11 is 0. The van der Waals surface area contributed by atoms with Crippen molar-refractivity contribution in [2.45, 2.75) is 19.4 Å². The number of anilines is 1. The van der Waals surface area contributed by atoms with Crippen molar-refractivity contribution in [1.29, 1.82) is 0 Å². The summed E-state index contributed by atoms with van der Waals surface area (Å²) in [6, 6.07) is 14.1. The average molecular weight is 364 g/mol. The number of ether oxygens (including phenoxy) is 1. The number of benzene rings is 2. The molecule has 2 aromatic rings. The molecule has 0 atom stereocenters. The van der Waals surface area contributed by atoms with E-state index < -0.39 is 11.9 Å². The van der Waals surface area contributed by atoms with Crippen LogP contribution in [0.5, 0.6) is 0 Å². The molecule has 1 heterocycles. The summed E-state index contributed by atoms with van der Waals surface area (Å²) in [7, 11) is 0. The molecule has 6 nitrogen and oxygen atoms in total. The van der Waals surface area contributed by atoms with E-state index in [1.54, 1.807) is 35.2 Å². The van der Waals surface area contributed by atoms with Gasteiger partial charge in [-0.1, -0.05) is 24.3 Å². The van der Waals surface area contributed by atoms with Crippen LogP contribution in [-0.2, 0) is 20.9 Å². The molecule has 0 bridgehead atoms. The Labute approximate surface area is 157 Å². The molecule has 0 radical (unpaired) electrons. The molecule has 0 aliphatic carbocycles. The van der Waals surface area contributed by atoms with Crippen molar-refractivity contribution >= 4 is 29.5 Å². The third-order valence-electron chi connectivity index (χ3n) is 4.28. The van der Waals surface area contributed by atoms with Crippen molar-refractivity contribution in [3.05, 3.63) is 71.3 Å². The summed E-state index contributed by atoms with van der Waals surface area (Å²) in [6.07, 6.45) is 4.47. The van der Waals surface area contributed by atoms with Crippen molar-refractivity contribution in [3.8, 4) is 0 Å². The van der Waals surface area contributed by atoms with Gasteiger partial charge in [0.05, 0.1) is 0 Å². The van der Waals surface area contributed by atoms with Crippen LogP contribution in [0.1, 0.15) is 34.3 Å². The summed E-state index contributed by atoms with van der Waals surface area (Å²) in [6.45, 7) is 0.803. The third kappa shape index (κ3) is 4.82. The van der Waals surface area contributed by atoms with Crippen LogP contribution in [0.4, 0.5) is 5.69 Å². The largest absolute Gasteiger partial charge is 0.458 e. The molecule has 1 saturated heterocycles. The van der Waals surface area contributed by atoms with Crippen LogP contribution in [-0.4, -0.2) is 24.3 Å². The minimum Gasteiger partial charge on any atom is -0.458 e. The van der Waals surface area contributed by atoms with E-state index in [0.717, 1.165) is 24.2 Å². The second-order valence-corrected chi connectivity index (χ2v) is 6.25. The van der Waals surface area contributed by atoms with Gasteiger partial charge in [0.1, 0.15) is 6.61 Å². The molecule has 2 N–H and O–H groups in total. The van der Waals surface area contributed by atoms with Gasteiger partial charge >= 0.3 is 5.97 Å². The van der Waals surface area contributed by atoms with E-state index in [-0.39, 0.29) is 12.5 Å². The molecule has 3 rings (SSSR count). The molecule has 1 fully saturated rings. The number of rotatable bonds is 6. The lowest BCUT2D eigenvalue weighted by Gasteiger charge is -2.15. The Morgan fingerprint density at radius 1 is 1.15 bits per heavy atom. The van der Waals surface area contributed by atoms with Gasteiger partial charge in [0.15, 0.2) is 0 Å². The first-order valence-electron chi connectivity index (χ1n) is 8.67. The van der Waals surface area contributed by atoms with Gasteiger partial charge in [-0.05, 0) is 47.9 Å². The highest BCUT2D eigenvalue weighted by Gasteiger charge is 2.21. The number of nitrogens with zero attached hydrogens (tertiary/aromatic N) is 1. The Bertz CT molecular complexity index is 887. The van der Waals surface area contributed by atoms with Gasteiger partial charge < -0.3 is 15.4 Å². The molecule has 6 heteroatoms. The van der Waals surface area contributed by atoms with Crippen LogP contribution in [0, 0.1) is 0 Å². The van der Waals surface area contributed by atoms with Crippen molar-refractivity contribution < 1.29 is 19.1 Å². The Morgan fingerprint density at radius 3 is 2.59 bits per heavy atom. The molecule has 2 aromatic carbocycles. The predicted molar refractivity (Wildman–Crippen MR) is 102 cm³/mol. The predicted octanol–water partition coefficient (Wildman–Crippen LogP) is 2.67. The molecule has 0 spiro atoms. The first-order chi connectivity index (χ1) is 13.0. The normalized spacial score (nSPS) is 13.9. The fourth-order valence-electron chi connectivity index (χ4n) is 2.87. The van der Waals surface area contributed by atoms with Gasteiger partial charge in [0, 0.05) is 30.3 Å². The van der Waals surface area contributed by atoms with E-state index in [9.17, 15) is 14.4 Å². The second-order valence-electron chi connectivity index (χ2n) is 6.25. The maximum absolute atomic E-state index is 11.9. The standard InChI is InChI=1S/C21H20N2O4/c22-21(26)17-4-1-3-16(13-17)14-27-20(25)11-8-15-6-9-18(10-7-15)23-12-2-5-19(23)24/h1,3-4,6-11,13H,2,5,12,14H2,(H2,22,26).